The van der Waals surface area contributed by atoms with E-state index >= 15 is 0 Å². The van der Waals surface area contributed by atoms with E-state index in [1.807, 2.05) is 0 Å². The summed E-state index contributed by atoms with van der Waals surface area (Å²) in [6.45, 7) is 2.55. The summed E-state index contributed by atoms with van der Waals surface area (Å²) in [5.41, 5.74) is 0.673. The first-order valence-electron chi connectivity index (χ1n) is 4.66. The smallest absolute Gasteiger partial charge is 0.324 e. The molecule has 6 nitrogen and oxygen atoms in total. The molecular formula is C9H11N3O3. The van der Waals surface area contributed by atoms with Gasteiger partial charge in [-0.2, -0.15) is 0 Å². The Hall–Kier alpha value is -1.85. The molecule has 1 atom stereocenters. The second kappa shape index (κ2) is 3.72. The standard InChI is InChI=1S/C9H11N3O3/c1-6-4-12(9(14)10-8(6)13)5-7-2-3-15-11-7/h2-3,6H,4-5H2,1H3,(H,10,13,14). The van der Waals surface area contributed by atoms with Crippen molar-refractivity contribution in [2.45, 2.75) is 13.5 Å². The Labute approximate surface area is 86.2 Å². The number of amides is 3. The highest BCUT2D eigenvalue weighted by Gasteiger charge is 2.29. The first-order valence-corrected chi connectivity index (χ1v) is 4.66. The zero-order chi connectivity index (χ0) is 10.8. The molecule has 2 rings (SSSR count). The highest BCUT2D eigenvalue weighted by atomic mass is 16.5. The van der Waals surface area contributed by atoms with Crippen LogP contribution < -0.4 is 5.32 Å². The summed E-state index contributed by atoms with van der Waals surface area (Å²) in [6.07, 6.45) is 1.45. The minimum absolute atomic E-state index is 0.186. The minimum Gasteiger partial charge on any atom is -0.364 e. The summed E-state index contributed by atoms with van der Waals surface area (Å²) in [5.74, 6) is -0.411. The lowest BCUT2D eigenvalue weighted by atomic mass is 10.1. The quantitative estimate of drug-likeness (QED) is 0.763. The second-order valence-corrected chi connectivity index (χ2v) is 3.57. The maximum absolute atomic E-state index is 11.4. The Morgan fingerprint density at radius 1 is 1.67 bits per heavy atom. The number of urea groups is 1. The van der Waals surface area contributed by atoms with Crippen LogP contribution in [0.15, 0.2) is 16.9 Å². The van der Waals surface area contributed by atoms with Gasteiger partial charge in [-0.15, -0.1) is 0 Å². The van der Waals surface area contributed by atoms with Gasteiger partial charge in [0.1, 0.15) is 12.0 Å². The molecule has 0 aromatic carbocycles. The highest BCUT2D eigenvalue weighted by molar-refractivity contribution is 5.97. The Morgan fingerprint density at radius 3 is 3.13 bits per heavy atom. The third kappa shape index (κ3) is 1.98. The van der Waals surface area contributed by atoms with E-state index < -0.39 is 0 Å². The van der Waals surface area contributed by atoms with Crippen molar-refractivity contribution in [3.8, 4) is 0 Å². The van der Waals surface area contributed by atoms with Crippen LogP contribution in [0.3, 0.4) is 0 Å². The highest BCUT2D eigenvalue weighted by Crippen LogP contribution is 2.10. The number of imide groups is 1. The first-order chi connectivity index (χ1) is 7.16. The normalized spacial score (nSPS) is 21.7. The van der Waals surface area contributed by atoms with Crippen LogP contribution in [-0.4, -0.2) is 28.5 Å². The van der Waals surface area contributed by atoms with Crippen molar-refractivity contribution in [2.75, 3.05) is 6.54 Å². The maximum atomic E-state index is 11.4. The van der Waals surface area contributed by atoms with Gasteiger partial charge in [-0.3, -0.25) is 10.1 Å². The number of nitrogens with zero attached hydrogens (tertiary/aromatic N) is 2. The monoisotopic (exact) mass is 209 g/mol. The van der Waals surface area contributed by atoms with E-state index in [9.17, 15) is 9.59 Å². The van der Waals surface area contributed by atoms with Gasteiger partial charge < -0.3 is 9.42 Å². The van der Waals surface area contributed by atoms with Gasteiger partial charge in [0.2, 0.25) is 5.91 Å². The van der Waals surface area contributed by atoms with Crippen LogP contribution in [0.5, 0.6) is 0 Å². The lowest BCUT2D eigenvalue weighted by Gasteiger charge is -2.29. The van der Waals surface area contributed by atoms with Crippen molar-refractivity contribution in [1.82, 2.24) is 15.4 Å². The maximum Gasteiger partial charge on any atom is 0.324 e. The Balaban J connectivity index is 2.03. The number of hydrogen-bond acceptors (Lipinski definition) is 4. The molecule has 0 saturated carbocycles. The number of aromatic nitrogens is 1. The molecule has 0 spiro atoms. The van der Waals surface area contributed by atoms with E-state index in [-0.39, 0.29) is 17.9 Å². The van der Waals surface area contributed by atoms with Gasteiger partial charge in [0.15, 0.2) is 0 Å². The molecule has 15 heavy (non-hydrogen) atoms. The fraction of sp³-hybridized carbons (Fsp3) is 0.444. The summed E-state index contributed by atoms with van der Waals surface area (Å²) < 4.78 is 4.66. The molecule has 1 aromatic heterocycles. The molecule has 1 aromatic rings. The number of hydrogen-bond donors (Lipinski definition) is 1. The molecule has 1 unspecified atom stereocenters. The van der Waals surface area contributed by atoms with E-state index in [1.54, 1.807) is 13.0 Å². The summed E-state index contributed by atoms with van der Waals surface area (Å²) in [6, 6.07) is 1.31. The van der Waals surface area contributed by atoms with E-state index in [4.69, 9.17) is 0 Å². The van der Waals surface area contributed by atoms with Gasteiger partial charge in [0.25, 0.3) is 0 Å². The predicted octanol–water partition coefficient (Wildman–Crippen LogP) is 0.362. The predicted molar refractivity (Wildman–Crippen MR) is 49.6 cm³/mol. The molecule has 1 N–H and O–H groups in total. The van der Waals surface area contributed by atoms with Gasteiger partial charge in [-0.1, -0.05) is 12.1 Å². The summed E-state index contributed by atoms with van der Waals surface area (Å²) >= 11 is 0. The van der Waals surface area contributed by atoms with Crippen molar-refractivity contribution >= 4 is 11.9 Å². The second-order valence-electron chi connectivity index (χ2n) is 3.57. The molecule has 80 valence electrons. The SMILES string of the molecule is CC1CN(Cc2ccon2)C(=O)NC1=O. The summed E-state index contributed by atoms with van der Waals surface area (Å²) in [5, 5.41) is 5.99. The van der Waals surface area contributed by atoms with Crippen LogP contribution in [0.25, 0.3) is 0 Å². The van der Waals surface area contributed by atoms with Crippen LogP contribution in [0, 0.1) is 5.92 Å². The molecule has 1 aliphatic heterocycles. The van der Waals surface area contributed by atoms with Crippen molar-refractivity contribution < 1.29 is 14.1 Å². The molecule has 0 bridgehead atoms. The third-order valence-electron chi connectivity index (χ3n) is 2.30. The lowest BCUT2D eigenvalue weighted by Crippen LogP contribution is -2.53. The van der Waals surface area contributed by atoms with E-state index in [0.717, 1.165) is 0 Å². The van der Waals surface area contributed by atoms with Gasteiger partial charge in [-0.05, 0) is 0 Å². The van der Waals surface area contributed by atoms with Crippen LogP contribution in [0.1, 0.15) is 12.6 Å². The zero-order valence-corrected chi connectivity index (χ0v) is 8.27. The third-order valence-corrected chi connectivity index (χ3v) is 2.30. The average Bonchev–Trinajstić information content (AvgIpc) is 2.67. The Bertz CT molecular complexity index is 374. The van der Waals surface area contributed by atoms with Crippen molar-refractivity contribution in [3.63, 3.8) is 0 Å². The molecular weight excluding hydrogens is 198 g/mol. The fourth-order valence-electron chi connectivity index (χ4n) is 1.46. The van der Waals surface area contributed by atoms with Crippen LogP contribution in [0.2, 0.25) is 0 Å². The molecule has 1 saturated heterocycles. The van der Waals surface area contributed by atoms with Crippen LogP contribution in [-0.2, 0) is 11.3 Å². The Morgan fingerprint density at radius 2 is 2.47 bits per heavy atom. The molecule has 2 heterocycles. The molecule has 1 fully saturated rings. The lowest BCUT2D eigenvalue weighted by molar-refractivity contribution is -0.125. The first kappa shape index (κ1) is 9.70. The van der Waals surface area contributed by atoms with Crippen molar-refractivity contribution in [1.29, 1.82) is 0 Å². The van der Waals surface area contributed by atoms with Gasteiger partial charge in [0.05, 0.1) is 12.5 Å². The minimum atomic E-state index is -0.374. The largest absolute Gasteiger partial charge is 0.364 e. The van der Waals surface area contributed by atoms with Gasteiger partial charge in [-0.25, -0.2) is 4.79 Å². The zero-order valence-electron chi connectivity index (χ0n) is 8.27. The summed E-state index contributed by atoms with van der Waals surface area (Å²) in [4.78, 5) is 24.1. The van der Waals surface area contributed by atoms with Gasteiger partial charge in [0, 0.05) is 12.6 Å². The van der Waals surface area contributed by atoms with E-state index in [0.29, 0.717) is 18.8 Å². The number of carbonyl (C=O) groups is 2. The molecule has 0 aliphatic carbocycles. The van der Waals surface area contributed by atoms with Crippen molar-refractivity contribution in [2.24, 2.45) is 5.92 Å². The number of carbonyl (C=O) groups excluding carboxylic acids is 2. The molecule has 0 radical (unpaired) electrons. The topological polar surface area (TPSA) is 75.4 Å². The fourth-order valence-corrected chi connectivity index (χ4v) is 1.46. The molecule has 1 aliphatic rings. The Kier molecular flexibility index (Phi) is 2.40. The number of nitrogens with one attached hydrogen (secondary N) is 1. The van der Waals surface area contributed by atoms with Crippen LogP contribution >= 0.6 is 0 Å². The molecule has 3 amide bonds. The number of rotatable bonds is 2. The summed E-state index contributed by atoms with van der Waals surface area (Å²) in [7, 11) is 0. The average molecular weight is 209 g/mol. The van der Waals surface area contributed by atoms with E-state index in [1.165, 1.54) is 11.2 Å². The van der Waals surface area contributed by atoms with Gasteiger partial charge >= 0.3 is 6.03 Å². The van der Waals surface area contributed by atoms with Crippen molar-refractivity contribution in [3.05, 3.63) is 18.0 Å². The molecule has 6 heteroatoms. The van der Waals surface area contributed by atoms with Crippen LogP contribution in [0.4, 0.5) is 4.79 Å². The van der Waals surface area contributed by atoms with E-state index in [2.05, 4.69) is 15.0 Å².